The normalized spacial score (nSPS) is 10.4. The van der Waals surface area contributed by atoms with Gasteiger partial charge in [-0.05, 0) is 37.4 Å². The van der Waals surface area contributed by atoms with Crippen LogP contribution < -0.4 is 10.1 Å². The molecule has 0 fully saturated rings. The van der Waals surface area contributed by atoms with Crippen LogP contribution in [0, 0.1) is 15.9 Å². The predicted octanol–water partition coefficient (Wildman–Crippen LogP) is 4.01. The topological polar surface area (TPSA) is 64.4 Å². The van der Waals surface area contributed by atoms with Crippen LogP contribution in [-0.2, 0) is 6.54 Å². The standard InChI is InChI=1S/C14H12BrFN2O3/c1-17-8-9-6-10(15)2-4-13(9)21-14-5-3-11(16)7-12(14)18(19)20/h2-7,17H,8H2,1H3. The Hall–Kier alpha value is -1.99. The first-order valence-corrected chi connectivity index (χ1v) is 6.85. The van der Waals surface area contributed by atoms with Gasteiger partial charge in [0.2, 0.25) is 5.75 Å². The van der Waals surface area contributed by atoms with Crippen LogP contribution in [0.25, 0.3) is 0 Å². The van der Waals surface area contributed by atoms with E-state index < -0.39 is 16.4 Å². The summed E-state index contributed by atoms with van der Waals surface area (Å²) in [5.41, 5.74) is 0.416. The molecular formula is C14H12BrFN2O3. The second-order valence-corrected chi connectivity index (χ2v) is 5.17. The lowest BCUT2D eigenvalue weighted by molar-refractivity contribution is -0.385. The number of halogens is 2. The van der Waals surface area contributed by atoms with Crippen molar-refractivity contribution in [2.75, 3.05) is 7.05 Å². The molecule has 0 saturated carbocycles. The fraction of sp³-hybridized carbons (Fsp3) is 0.143. The minimum Gasteiger partial charge on any atom is -0.450 e. The summed E-state index contributed by atoms with van der Waals surface area (Å²) in [6.07, 6.45) is 0. The fourth-order valence-corrected chi connectivity index (χ4v) is 2.22. The van der Waals surface area contributed by atoms with Crippen molar-refractivity contribution in [3.63, 3.8) is 0 Å². The average Bonchev–Trinajstić information content (AvgIpc) is 2.43. The summed E-state index contributed by atoms with van der Waals surface area (Å²) in [7, 11) is 1.78. The molecule has 0 radical (unpaired) electrons. The average molecular weight is 355 g/mol. The van der Waals surface area contributed by atoms with E-state index in [0.29, 0.717) is 12.3 Å². The van der Waals surface area contributed by atoms with Gasteiger partial charge in [0.25, 0.3) is 0 Å². The molecule has 0 aliphatic heterocycles. The Morgan fingerprint density at radius 1 is 1.29 bits per heavy atom. The minimum absolute atomic E-state index is 0.000996. The van der Waals surface area contributed by atoms with E-state index in [-0.39, 0.29) is 5.75 Å². The van der Waals surface area contributed by atoms with Crippen LogP contribution in [0.1, 0.15) is 5.56 Å². The van der Waals surface area contributed by atoms with Gasteiger partial charge < -0.3 is 10.1 Å². The first kappa shape index (κ1) is 15.4. The molecule has 0 heterocycles. The summed E-state index contributed by atoms with van der Waals surface area (Å²) >= 11 is 3.36. The molecule has 0 aliphatic carbocycles. The van der Waals surface area contributed by atoms with Crippen molar-refractivity contribution >= 4 is 21.6 Å². The number of nitrogens with one attached hydrogen (secondary N) is 1. The molecular weight excluding hydrogens is 343 g/mol. The molecule has 0 amide bonds. The van der Waals surface area contributed by atoms with Gasteiger partial charge in [0.05, 0.1) is 11.0 Å². The zero-order chi connectivity index (χ0) is 15.4. The number of hydrogen-bond donors (Lipinski definition) is 1. The summed E-state index contributed by atoms with van der Waals surface area (Å²) in [5.74, 6) is -0.205. The molecule has 0 unspecified atom stereocenters. The van der Waals surface area contributed by atoms with Gasteiger partial charge in [0.15, 0.2) is 0 Å². The van der Waals surface area contributed by atoms with Gasteiger partial charge in [-0.1, -0.05) is 15.9 Å². The van der Waals surface area contributed by atoms with Crippen LogP contribution in [0.4, 0.5) is 10.1 Å². The number of nitrogens with zero attached hydrogens (tertiary/aromatic N) is 1. The Labute approximate surface area is 129 Å². The van der Waals surface area contributed by atoms with Crippen molar-refractivity contribution in [3.8, 4) is 11.5 Å². The first-order chi connectivity index (χ1) is 10.0. The maximum Gasteiger partial charge on any atom is 0.314 e. The Kier molecular flexibility index (Phi) is 4.87. The quantitative estimate of drug-likeness (QED) is 0.650. The zero-order valence-corrected chi connectivity index (χ0v) is 12.7. The smallest absolute Gasteiger partial charge is 0.314 e. The summed E-state index contributed by atoms with van der Waals surface area (Å²) in [6, 6.07) is 8.53. The lowest BCUT2D eigenvalue weighted by atomic mass is 10.2. The first-order valence-electron chi connectivity index (χ1n) is 6.06. The molecule has 0 atom stereocenters. The lowest BCUT2D eigenvalue weighted by Gasteiger charge is -2.11. The van der Waals surface area contributed by atoms with Gasteiger partial charge in [0.1, 0.15) is 11.6 Å². The van der Waals surface area contributed by atoms with E-state index in [0.717, 1.165) is 22.2 Å². The highest BCUT2D eigenvalue weighted by atomic mass is 79.9. The van der Waals surface area contributed by atoms with Gasteiger partial charge in [-0.2, -0.15) is 0 Å². The monoisotopic (exact) mass is 354 g/mol. The van der Waals surface area contributed by atoms with Gasteiger partial charge in [0, 0.05) is 16.6 Å². The number of ether oxygens (including phenoxy) is 1. The molecule has 0 saturated heterocycles. The fourth-order valence-electron chi connectivity index (χ4n) is 1.81. The van der Waals surface area contributed by atoms with Gasteiger partial charge in [-0.3, -0.25) is 10.1 Å². The molecule has 110 valence electrons. The van der Waals surface area contributed by atoms with Gasteiger partial charge in [-0.25, -0.2) is 4.39 Å². The van der Waals surface area contributed by atoms with Crippen molar-refractivity contribution in [1.29, 1.82) is 0 Å². The summed E-state index contributed by atoms with van der Waals surface area (Å²) in [6.45, 7) is 0.532. The van der Waals surface area contributed by atoms with E-state index >= 15 is 0 Å². The SMILES string of the molecule is CNCc1cc(Br)ccc1Oc1ccc(F)cc1[N+](=O)[O-]. The number of nitro groups is 1. The molecule has 2 aromatic carbocycles. The third-order valence-electron chi connectivity index (χ3n) is 2.73. The number of hydrogen-bond acceptors (Lipinski definition) is 4. The van der Waals surface area contributed by atoms with E-state index in [9.17, 15) is 14.5 Å². The third-order valence-corrected chi connectivity index (χ3v) is 3.22. The molecule has 7 heteroatoms. The molecule has 1 N–H and O–H groups in total. The molecule has 5 nitrogen and oxygen atoms in total. The van der Waals surface area contributed by atoms with E-state index in [1.165, 1.54) is 6.07 Å². The Bertz CT molecular complexity index is 679. The highest BCUT2D eigenvalue weighted by Crippen LogP contribution is 2.34. The Morgan fingerprint density at radius 2 is 2.00 bits per heavy atom. The lowest BCUT2D eigenvalue weighted by Crippen LogP contribution is -2.06. The van der Waals surface area contributed by atoms with Crippen LogP contribution in [0.5, 0.6) is 11.5 Å². The van der Waals surface area contributed by atoms with Crippen molar-refractivity contribution in [2.24, 2.45) is 0 Å². The number of benzene rings is 2. The van der Waals surface area contributed by atoms with E-state index in [1.54, 1.807) is 19.2 Å². The molecule has 21 heavy (non-hydrogen) atoms. The second-order valence-electron chi connectivity index (χ2n) is 4.25. The third kappa shape index (κ3) is 3.77. The molecule has 0 spiro atoms. The van der Waals surface area contributed by atoms with Crippen molar-refractivity contribution in [2.45, 2.75) is 6.54 Å². The van der Waals surface area contributed by atoms with Crippen LogP contribution in [0.15, 0.2) is 40.9 Å². The number of rotatable bonds is 5. The minimum atomic E-state index is -0.680. The van der Waals surface area contributed by atoms with Crippen molar-refractivity contribution < 1.29 is 14.1 Å². The highest BCUT2D eigenvalue weighted by Gasteiger charge is 2.18. The highest BCUT2D eigenvalue weighted by molar-refractivity contribution is 9.10. The van der Waals surface area contributed by atoms with Crippen molar-refractivity contribution in [1.82, 2.24) is 5.32 Å². The van der Waals surface area contributed by atoms with Crippen LogP contribution in [-0.4, -0.2) is 12.0 Å². The maximum absolute atomic E-state index is 13.1. The molecule has 0 aliphatic rings. The van der Waals surface area contributed by atoms with Gasteiger partial charge >= 0.3 is 5.69 Å². The van der Waals surface area contributed by atoms with Crippen molar-refractivity contribution in [3.05, 3.63) is 62.4 Å². The molecule has 2 aromatic rings. The summed E-state index contributed by atoms with van der Waals surface area (Å²) in [4.78, 5) is 10.3. The Morgan fingerprint density at radius 3 is 2.67 bits per heavy atom. The Balaban J connectivity index is 2.40. The molecule has 2 rings (SSSR count). The van der Waals surface area contributed by atoms with Crippen LogP contribution in [0.2, 0.25) is 0 Å². The van der Waals surface area contributed by atoms with Crippen LogP contribution >= 0.6 is 15.9 Å². The predicted molar refractivity (Wildman–Crippen MR) is 80.0 cm³/mol. The molecule has 0 bridgehead atoms. The van der Waals surface area contributed by atoms with Gasteiger partial charge in [-0.15, -0.1) is 0 Å². The largest absolute Gasteiger partial charge is 0.450 e. The van der Waals surface area contributed by atoms with Crippen LogP contribution in [0.3, 0.4) is 0 Å². The molecule has 0 aromatic heterocycles. The van der Waals surface area contributed by atoms with E-state index in [2.05, 4.69) is 21.2 Å². The maximum atomic E-state index is 13.1. The van der Waals surface area contributed by atoms with E-state index in [1.807, 2.05) is 6.07 Å². The second kappa shape index (κ2) is 6.64. The summed E-state index contributed by atoms with van der Waals surface area (Å²) < 4.78 is 19.6. The van der Waals surface area contributed by atoms with E-state index in [4.69, 9.17) is 4.74 Å². The summed E-state index contributed by atoms with van der Waals surface area (Å²) in [5, 5.41) is 14.0. The number of nitro benzene ring substituents is 1. The zero-order valence-electron chi connectivity index (χ0n) is 11.1.